The summed E-state index contributed by atoms with van der Waals surface area (Å²) in [4.78, 5) is 19.5. The Kier molecular flexibility index (Phi) is 8.91. The van der Waals surface area contributed by atoms with Crippen molar-refractivity contribution < 1.29 is 13.9 Å². The average Bonchev–Trinajstić information content (AvgIpc) is 3.22. The van der Waals surface area contributed by atoms with Gasteiger partial charge in [-0.05, 0) is 37.6 Å². The van der Waals surface area contributed by atoms with Crippen LogP contribution in [-0.4, -0.2) is 73.6 Å². The van der Waals surface area contributed by atoms with Crippen LogP contribution in [0.4, 0.5) is 15.9 Å². The number of aromatic nitrogens is 6. The van der Waals surface area contributed by atoms with Crippen molar-refractivity contribution in [1.29, 1.82) is 0 Å². The molecule has 4 aromatic heterocycles. The fraction of sp³-hybridized carbons (Fsp3) is 0.393. The molecule has 0 aromatic carbocycles. The lowest BCUT2D eigenvalue weighted by Gasteiger charge is -2.26. The van der Waals surface area contributed by atoms with Crippen LogP contribution >= 0.6 is 11.6 Å². The lowest BCUT2D eigenvalue weighted by Crippen LogP contribution is -2.35. The summed E-state index contributed by atoms with van der Waals surface area (Å²) in [5.74, 6) is 0.961. The Morgan fingerprint density at radius 3 is 2.76 bits per heavy atom. The van der Waals surface area contributed by atoms with E-state index < -0.39 is 5.82 Å². The quantitative estimate of drug-likeness (QED) is 0.264. The number of nitrogens with zero attached hydrogens (tertiary/aromatic N) is 7. The summed E-state index contributed by atoms with van der Waals surface area (Å²) < 4.78 is 28.5. The summed E-state index contributed by atoms with van der Waals surface area (Å²) in [7, 11) is 1.80. The molecule has 41 heavy (non-hydrogen) atoms. The number of pyridine rings is 2. The minimum atomic E-state index is -0.415. The number of nitrogens with two attached hydrogens (primary N) is 1. The van der Waals surface area contributed by atoms with Crippen molar-refractivity contribution in [2.24, 2.45) is 7.05 Å². The minimum Gasteiger partial charge on any atom is -0.477 e. The van der Waals surface area contributed by atoms with Crippen molar-refractivity contribution in [3.63, 3.8) is 0 Å². The van der Waals surface area contributed by atoms with Gasteiger partial charge >= 0.3 is 0 Å². The molecule has 1 aliphatic heterocycles. The molecular formula is C28H33ClFN9O2. The summed E-state index contributed by atoms with van der Waals surface area (Å²) in [6.07, 6.45) is 5.47. The first-order valence-corrected chi connectivity index (χ1v) is 13.8. The summed E-state index contributed by atoms with van der Waals surface area (Å²) in [6.45, 7) is 7.87. The van der Waals surface area contributed by atoms with Gasteiger partial charge in [0.25, 0.3) is 0 Å². The summed E-state index contributed by atoms with van der Waals surface area (Å²) >= 11 is 6.22. The second-order valence-electron chi connectivity index (χ2n) is 9.99. The highest BCUT2D eigenvalue weighted by Crippen LogP contribution is 2.32. The highest BCUT2D eigenvalue weighted by atomic mass is 35.5. The third kappa shape index (κ3) is 6.89. The Hall–Kier alpha value is -3.87. The zero-order chi connectivity index (χ0) is 28.9. The van der Waals surface area contributed by atoms with Crippen molar-refractivity contribution in [2.75, 3.05) is 44.0 Å². The van der Waals surface area contributed by atoms with E-state index in [0.29, 0.717) is 72.3 Å². The fourth-order valence-corrected chi connectivity index (χ4v) is 4.90. The largest absolute Gasteiger partial charge is 0.477 e. The van der Waals surface area contributed by atoms with Crippen molar-refractivity contribution >= 4 is 23.1 Å². The monoisotopic (exact) mass is 581 g/mol. The van der Waals surface area contributed by atoms with Crippen molar-refractivity contribution in [3.05, 3.63) is 59.0 Å². The lowest BCUT2D eigenvalue weighted by molar-refractivity contribution is 0.0341. The second-order valence-corrected chi connectivity index (χ2v) is 10.4. The predicted molar refractivity (Wildman–Crippen MR) is 155 cm³/mol. The Morgan fingerprint density at radius 2 is 2.00 bits per heavy atom. The normalized spacial score (nSPS) is 14.7. The number of hydrogen-bond donors (Lipinski definition) is 2. The maximum Gasteiger partial charge on any atom is 0.223 e. The molecule has 0 unspecified atom stereocenters. The molecule has 3 N–H and O–H groups in total. The van der Waals surface area contributed by atoms with E-state index in [2.05, 4.69) is 35.3 Å². The first-order chi connectivity index (χ1) is 19.8. The van der Waals surface area contributed by atoms with E-state index in [0.717, 1.165) is 24.3 Å². The Morgan fingerprint density at radius 1 is 1.20 bits per heavy atom. The van der Waals surface area contributed by atoms with Gasteiger partial charge in [-0.1, -0.05) is 11.6 Å². The molecule has 5 rings (SSSR count). The van der Waals surface area contributed by atoms with Gasteiger partial charge in [0.2, 0.25) is 5.88 Å². The highest BCUT2D eigenvalue weighted by molar-refractivity contribution is 6.29. The van der Waals surface area contributed by atoms with Crippen LogP contribution in [0.15, 0.2) is 36.8 Å². The molecule has 11 nitrogen and oxygen atoms in total. The van der Waals surface area contributed by atoms with Crippen molar-refractivity contribution in [2.45, 2.75) is 32.9 Å². The maximum absolute atomic E-state index is 15.3. The van der Waals surface area contributed by atoms with Crippen LogP contribution in [0, 0.1) is 12.7 Å². The van der Waals surface area contributed by atoms with Crippen LogP contribution in [0.1, 0.15) is 24.6 Å². The highest BCUT2D eigenvalue weighted by Gasteiger charge is 2.21. The summed E-state index contributed by atoms with van der Waals surface area (Å²) in [6, 6.07) is 4.78. The van der Waals surface area contributed by atoms with Crippen molar-refractivity contribution in [3.8, 4) is 28.5 Å². The predicted octanol–water partition coefficient (Wildman–Crippen LogP) is 4.12. The molecule has 0 aliphatic carbocycles. The SMILES string of the molecule is Cc1nn(C)c(OCC[C@H](C)Nc2cc(Cl)ncc2-c2ncc(CN3CCOCC3)cc2F)c1-c1nccc(N)n1. The van der Waals surface area contributed by atoms with Gasteiger partial charge in [-0.25, -0.2) is 24.0 Å². The van der Waals surface area contributed by atoms with Gasteiger partial charge in [-0.2, -0.15) is 5.10 Å². The van der Waals surface area contributed by atoms with E-state index in [1.165, 1.54) is 12.3 Å². The number of halogens is 2. The number of nitrogens with one attached hydrogen (secondary N) is 1. The van der Waals surface area contributed by atoms with Gasteiger partial charge in [-0.15, -0.1) is 0 Å². The van der Waals surface area contributed by atoms with Gasteiger partial charge in [0.1, 0.15) is 28.0 Å². The topological polar surface area (TPSA) is 129 Å². The number of nitrogen functional groups attached to an aromatic ring is 1. The van der Waals surface area contributed by atoms with Crippen LogP contribution in [-0.2, 0) is 18.3 Å². The van der Waals surface area contributed by atoms with Gasteiger partial charge < -0.3 is 20.5 Å². The van der Waals surface area contributed by atoms with Gasteiger partial charge in [0.15, 0.2) is 5.82 Å². The van der Waals surface area contributed by atoms with Gasteiger partial charge in [0.05, 0.1) is 25.5 Å². The molecule has 0 saturated carbocycles. The number of rotatable bonds is 10. The van der Waals surface area contributed by atoms with Crippen LogP contribution in [0.5, 0.6) is 5.88 Å². The second kappa shape index (κ2) is 12.8. The molecule has 0 radical (unpaired) electrons. The average molecular weight is 582 g/mol. The fourth-order valence-electron chi connectivity index (χ4n) is 4.74. The molecule has 1 atom stereocenters. The molecule has 1 fully saturated rings. The van der Waals surface area contributed by atoms with E-state index in [4.69, 9.17) is 26.8 Å². The molecule has 0 amide bonds. The van der Waals surface area contributed by atoms with E-state index in [1.54, 1.807) is 36.3 Å². The van der Waals surface area contributed by atoms with E-state index >= 15 is 4.39 Å². The van der Waals surface area contributed by atoms with Crippen LogP contribution in [0.25, 0.3) is 22.6 Å². The van der Waals surface area contributed by atoms with Crippen molar-refractivity contribution in [1.82, 2.24) is 34.6 Å². The van der Waals surface area contributed by atoms with E-state index in [-0.39, 0.29) is 11.7 Å². The number of anilines is 2. The maximum atomic E-state index is 15.3. The molecule has 0 spiro atoms. The number of hydrogen-bond acceptors (Lipinski definition) is 10. The third-order valence-corrected chi connectivity index (χ3v) is 7.00. The molecule has 13 heteroatoms. The lowest BCUT2D eigenvalue weighted by atomic mass is 10.1. The first kappa shape index (κ1) is 28.7. The Balaban J connectivity index is 1.26. The van der Waals surface area contributed by atoms with E-state index in [1.807, 2.05) is 13.8 Å². The zero-order valence-corrected chi connectivity index (χ0v) is 24.0. The summed E-state index contributed by atoms with van der Waals surface area (Å²) in [5.41, 5.74) is 9.48. The number of morpholine rings is 1. The Bertz CT molecular complexity index is 1510. The Labute approximate surface area is 242 Å². The van der Waals surface area contributed by atoms with E-state index in [9.17, 15) is 0 Å². The number of aryl methyl sites for hydroxylation is 2. The molecule has 0 bridgehead atoms. The third-order valence-electron chi connectivity index (χ3n) is 6.80. The molecule has 4 aromatic rings. The minimum absolute atomic E-state index is 0.0581. The zero-order valence-electron chi connectivity index (χ0n) is 23.3. The smallest absolute Gasteiger partial charge is 0.223 e. The summed E-state index contributed by atoms with van der Waals surface area (Å²) in [5, 5.41) is 8.18. The van der Waals surface area contributed by atoms with Gasteiger partial charge in [-0.3, -0.25) is 9.88 Å². The molecule has 1 aliphatic rings. The van der Waals surface area contributed by atoms with Crippen LogP contribution in [0.3, 0.4) is 0 Å². The van der Waals surface area contributed by atoms with Crippen LogP contribution < -0.4 is 15.8 Å². The standard InChI is InChI=1S/C28H33ClFN9O2/c1-17(5-9-41-28-25(18(2)37-38(28)3)27-32-6-4-24(31)36-27)35-22-13-23(29)33-15-20(22)26-21(30)12-19(14-34-26)16-39-7-10-40-11-8-39/h4,6,12-15,17H,5,7-11,16H2,1-3H3,(H,33,35)(H2,31,32,36)/t17-/m0/s1. The molecule has 216 valence electrons. The number of ether oxygens (including phenoxy) is 2. The molecule has 1 saturated heterocycles. The molecule has 5 heterocycles. The molecular weight excluding hydrogens is 549 g/mol. The van der Waals surface area contributed by atoms with Gasteiger partial charge in [0, 0.05) is 69.0 Å². The van der Waals surface area contributed by atoms with Crippen LogP contribution in [0.2, 0.25) is 5.15 Å². The first-order valence-electron chi connectivity index (χ1n) is 13.4.